The Morgan fingerprint density at radius 3 is 2.44 bits per heavy atom. The molecule has 3 aromatic rings. The fourth-order valence-electron chi connectivity index (χ4n) is 4.07. The first-order chi connectivity index (χ1) is 16.3. The Morgan fingerprint density at radius 1 is 1.12 bits per heavy atom. The van der Waals surface area contributed by atoms with E-state index in [9.17, 15) is 9.90 Å². The van der Waals surface area contributed by atoms with E-state index in [0.717, 1.165) is 61.5 Å². The number of benzene rings is 2. The Kier molecular flexibility index (Phi) is 9.31. The summed E-state index contributed by atoms with van der Waals surface area (Å²) in [5, 5.41) is 9.77. The van der Waals surface area contributed by atoms with Gasteiger partial charge in [-0.2, -0.15) is 0 Å². The summed E-state index contributed by atoms with van der Waals surface area (Å²) in [5.41, 5.74) is 4.73. The molecule has 0 amide bonds. The smallest absolute Gasteiger partial charge is 0.335 e. The Hall–Kier alpha value is -2.63. The molecule has 0 atom stereocenters. The third kappa shape index (κ3) is 6.71. The van der Waals surface area contributed by atoms with Gasteiger partial charge in [0, 0.05) is 25.2 Å². The van der Waals surface area contributed by atoms with Crippen LogP contribution in [-0.4, -0.2) is 32.1 Å². The summed E-state index contributed by atoms with van der Waals surface area (Å²) in [7, 11) is 0. The first-order valence-electron chi connectivity index (χ1n) is 12.2. The predicted molar refractivity (Wildman–Crippen MR) is 139 cm³/mol. The summed E-state index contributed by atoms with van der Waals surface area (Å²) in [6, 6.07) is 15.5. The SMILES string of the molecule is CCCCn1c(-c2ccccc2C)nc(Cl)c1CN(CCC(C)C)Cc1ccc(C(=O)O)cc1. The van der Waals surface area contributed by atoms with E-state index in [1.807, 2.05) is 24.3 Å². The molecule has 34 heavy (non-hydrogen) atoms. The summed E-state index contributed by atoms with van der Waals surface area (Å²) >= 11 is 6.77. The number of carboxylic acids is 1. The minimum Gasteiger partial charge on any atom is -0.478 e. The monoisotopic (exact) mass is 481 g/mol. The van der Waals surface area contributed by atoms with Crippen molar-refractivity contribution in [1.82, 2.24) is 14.5 Å². The van der Waals surface area contributed by atoms with E-state index in [1.165, 1.54) is 5.56 Å². The topological polar surface area (TPSA) is 58.4 Å². The summed E-state index contributed by atoms with van der Waals surface area (Å²) in [5.74, 6) is 0.611. The maximum atomic E-state index is 11.2. The van der Waals surface area contributed by atoms with Gasteiger partial charge in [-0.25, -0.2) is 9.78 Å². The van der Waals surface area contributed by atoms with Crippen molar-refractivity contribution in [2.24, 2.45) is 5.92 Å². The molecule has 3 rings (SSSR count). The average molecular weight is 482 g/mol. The van der Waals surface area contributed by atoms with Gasteiger partial charge in [-0.1, -0.05) is 75.2 Å². The molecule has 0 aliphatic rings. The van der Waals surface area contributed by atoms with Crippen molar-refractivity contribution < 1.29 is 9.90 Å². The van der Waals surface area contributed by atoms with Crippen molar-refractivity contribution >= 4 is 17.6 Å². The highest BCUT2D eigenvalue weighted by molar-refractivity contribution is 6.30. The van der Waals surface area contributed by atoms with Gasteiger partial charge < -0.3 is 9.67 Å². The zero-order valence-corrected chi connectivity index (χ0v) is 21.5. The number of rotatable bonds is 12. The van der Waals surface area contributed by atoms with Crippen LogP contribution >= 0.6 is 11.6 Å². The highest BCUT2D eigenvalue weighted by Gasteiger charge is 2.21. The summed E-state index contributed by atoms with van der Waals surface area (Å²) in [4.78, 5) is 18.4. The van der Waals surface area contributed by atoms with Crippen molar-refractivity contribution in [2.75, 3.05) is 6.54 Å². The van der Waals surface area contributed by atoms with Crippen LogP contribution in [0.15, 0.2) is 48.5 Å². The molecule has 0 spiro atoms. The summed E-state index contributed by atoms with van der Waals surface area (Å²) in [6.07, 6.45) is 3.22. The predicted octanol–water partition coefficient (Wildman–Crippen LogP) is 7.06. The van der Waals surface area contributed by atoms with E-state index in [2.05, 4.69) is 49.3 Å². The quantitative estimate of drug-likeness (QED) is 0.301. The highest BCUT2D eigenvalue weighted by atomic mass is 35.5. The second-order valence-corrected chi connectivity index (χ2v) is 9.75. The molecule has 0 unspecified atom stereocenters. The van der Waals surface area contributed by atoms with E-state index in [1.54, 1.807) is 12.1 Å². The molecule has 0 aliphatic heterocycles. The zero-order valence-electron chi connectivity index (χ0n) is 20.7. The summed E-state index contributed by atoms with van der Waals surface area (Å²) in [6.45, 7) is 12.0. The second-order valence-electron chi connectivity index (χ2n) is 9.39. The van der Waals surface area contributed by atoms with Crippen LogP contribution in [0.4, 0.5) is 0 Å². The van der Waals surface area contributed by atoms with Crippen LogP contribution in [0.3, 0.4) is 0 Å². The first kappa shape index (κ1) is 26.0. The van der Waals surface area contributed by atoms with Crippen LogP contribution < -0.4 is 0 Å². The number of nitrogens with zero attached hydrogens (tertiary/aromatic N) is 3. The van der Waals surface area contributed by atoms with Crippen LogP contribution in [0.1, 0.15) is 67.2 Å². The number of aromatic carboxylic acids is 1. The van der Waals surface area contributed by atoms with Gasteiger partial charge >= 0.3 is 5.97 Å². The normalized spacial score (nSPS) is 11.5. The largest absolute Gasteiger partial charge is 0.478 e. The third-order valence-corrected chi connectivity index (χ3v) is 6.45. The molecular formula is C28H36ClN3O2. The molecule has 2 aromatic carbocycles. The van der Waals surface area contributed by atoms with E-state index in [-0.39, 0.29) is 0 Å². The lowest BCUT2D eigenvalue weighted by Crippen LogP contribution is -2.26. The molecule has 182 valence electrons. The van der Waals surface area contributed by atoms with Crippen molar-refractivity contribution in [3.05, 3.63) is 76.1 Å². The van der Waals surface area contributed by atoms with Gasteiger partial charge in [-0.3, -0.25) is 4.90 Å². The van der Waals surface area contributed by atoms with Crippen LogP contribution in [0, 0.1) is 12.8 Å². The number of aromatic nitrogens is 2. The van der Waals surface area contributed by atoms with Crippen molar-refractivity contribution in [1.29, 1.82) is 0 Å². The lowest BCUT2D eigenvalue weighted by atomic mass is 10.1. The lowest BCUT2D eigenvalue weighted by Gasteiger charge is -2.25. The number of unbranched alkanes of at least 4 members (excludes halogenated alkanes) is 1. The van der Waals surface area contributed by atoms with Crippen LogP contribution in [0.5, 0.6) is 0 Å². The number of hydrogen-bond donors (Lipinski definition) is 1. The molecule has 0 radical (unpaired) electrons. The van der Waals surface area contributed by atoms with Gasteiger partial charge in [0.2, 0.25) is 0 Å². The first-order valence-corrected chi connectivity index (χ1v) is 12.5. The van der Waals surface area contributed by atoms with E-state index < -0.39 is 5.97 Å². The molecule has 1 aromatic heterocycles. The zero-order chi connectivity index (χ0) is 24.7. The molecule has 0 bridgehead atoms. The number of carboxylic acid groups (broad SMARTS) is 1. The van der Waals surface area contributed by atoms with Gasteiger partial charge in [0.25, 0.3) is 0 Å². The number of carbonyl (C=O) groups is 1. The number of halogens is 1. The van der Waals surface area contributed by atoms with Gasteiger partial charge in [-0.15, -0.1) is 0 Å². The van der Waals surface area contributed by atoms with E-state index in [0.29, 0.717) is 23.2 Å². The Balaban J connectivity index is 1.93. The van der Waals surface area contributed by atoms with Gasteiger partial charge in [0.05, 0.1) is 11.3 Å². The molecular weight excluding hydrogens is 446 g/mol. The van der Waals surface area contributed by atoms with Crippen LogP contribution in [0.2, 0.25) is 5.15 Å². The Bertz CT molecular complexity index is 1090. The van der Waals surface area contributed by atoms with Gasteiger partial charge in [0.15, 0.2) is 5.15 Å². The molecule has 0 fully saturated rings. The molecule has 0 saturated carbocycles. The standard InChI is InChI=1S/C28H36ClN3O2/c1-5-6-16-32-25(26(29)30-27(32)24-10-8-7-9-21(24)4)19-31(17-15-20(2)3)18-22-11-13-23(14-12-22)28(33)34/h7-14,20H,5-6,15-19H2,1-4H3,(H,33,34). The van der Waals surface area contributed by atoms with Gasteiger partial charge in [0.1, 0.15) is 5.82 Å². The minimum absolute atomic E-state index is 0.307. The van der Waals surface area contributed by atoms with Crippen LogP contribution in [0.25, 0.3) is 11.4 Å². The molecule has 0 saturated heterocycles. The van der Waals surface area contributed by atoms with Crippen molar-refractivity contribution in [2.45, 2.75) is 66.6 Å². The minimum atomic E-state index is -0.904. The van der Waals surface area contributed by atoms with Crippen molar-refractivity contribution in [3.8, 4) is 11.4 Å². The Labute approximate surface area is 208 Å². The molecule has 1 heterocycles. The van der Waals surface area contributed by atoms with E-state index in [4.69, 9.17) is 16.6 Å². The van der Waals surface area contributed by atoms with E-state index >= 15 is 0 Å². The second kappa shape index (κ2) is 12.2. The molecule has 6 heteroatoms. The number of hydrogen-bond acceptors (Lipinski definition) is 3. The van der Waals surface area contributed by atoms with Crippen LogP contribution in [-0.2, 0) is 19.6 Å². The number of aryl methyl sites for hydroxylation is 1. The average Bonchev–Trinajstić information content (AvgIpc) is 3.11. The Morgan fingerprint density at radius 2 is 1.82 bits per heavy atom. The molecule has 5 nitrogen and oxygen atoms in total. The van der Waals surface area contributed by atoms with Crippen molar-refractivity contribution in [3.63, 3.8) is 0 Å². The fraction of sp³-hybridized carbons (Fsp3) is 0.429. The van der Waals surface area contributed by atoms with Gasteiger partial charge in [-0.05, 0) is 55.5 Å². The maximum absolute atomic E-state index is 11.2. The highest BCUT2D eigenvalue weighted by Crippen LogP contribution is 2.30. The summed E-state index contributed by atoms with van der Waals surface area (Å²) < 4.78 is 2.30. The molecule has 1 N–H and O–H groups in total. The maximum Gasteiger partial charge on any atom is 0.335 e. The fourth-order valence-corrected chi connectivity index (χ4v) is 4.31. The number of imidazole rings is 1. The molecule has 0 aliphatic carbocycles. The third-order valence-electron chi connectivity index (χ3n) is 6.15. The lowest BCUT2D eigenvalue weighted by molar-refractivity contribution is 0.0697.